The zero-order chi connectivity index (χ0) is 22.2. The molecular formula is C24H34N6O2. The third kappa shape index (κ3) is 4.25. The molecule has 8 nitrogen and oxygen atoms in total. The fraction of sp³-hybridized carbons (Fsp3) is 0.667. The van der Waals surface area contributed by atoms with E-state index in [0.29, 0.717) is 25.6 Å². The molecule has 3 fully saturated rings. The number of pyridine rings is 1. The van der Waals surface area contributed by atoms with Crippen LogP contribution in [0.3, 0.4) is 0 Å². The van der Waals surface area contributed by atoms with Crippen LogP contribution < -0.4 is 0 Å². The summed E-state index contributed by atoms with van der Waals surface area (Å²) < 4.78 is 1.79. The SMILES string of the molecule is Cc1nn(C)c2nc(C3CC3)cc(C(=O)N3CCN(CC(=O)N4CCCCCC4)CC3)c12. The number of aromatic nitrogens is 3. The van der Waals surface area contributed by atoms with Gasteiger partial charge in [0.25, 0.3) is 5.91 Å². The molecule has 0 aromatic carbocycles. The van der Waals surface area contributed by atoms with Crippen LogP contribution in [-0.4, -0.2) is 87.1 Å². The molecule has 32 heavy (non-hydrogen) atoms. The third-order valence-electron chi connectivity index (χ3n) is 7.19. The van der Waals surface area contributed by atoms with Crippen LogP contribution in [0.2, 0.25) is 0 Å². The summed E-state index contributed by atoms with van der Waals surface area (Å²) in [6.45, 7) is 6.97. The summed E-state index contributed by atoms with van der Waals surface area (Å²) in [5, 5.41) is 5.40. The molecule has 1 saturated carbocycles. The number of nitrogens with zero attached hydrogens (tertiary/aromatic N) is 6. The van der Waals surface area contributed by atoms with Crippen LogP contribution in [0.5, 0.6) is 0 Å². The number of hydrogen-bond acceptors (Lipinski definition) is 5. The second-order valence-corrected chi connectivity index (χ2v) is 9.64. The molecule has 2 amide bonds. The summed E-state index contributed by atoms with van der Waals surface area (Å²) >= 11 is 0. The van der Waals surface area contributed by atoms with Gasteiger partial charge in [0.15, 0.2) is 5.65 Å². The molecule has 4 heterocycles. The molecule has 0 N–H and O–H groups in total. The van der Waals surface area contributed by atoms with E-state index in [9.17, 15) is 9.59 Å². The predicted molar refractivity (Wildman–Crippen MR) is 123 cm³/mol. The molecule has 172 valence electrons. The Balaban J connectivity index is 1.27. The number of carbonyl (C=O) groups is 2. The molecule has 2 aromatic rings. The first-order valence-corrected chi connectivity index (χ1v) is 12.1. The normalized spacial score (nSPS) is 20.6. The van der Waals surface area contributed by atoms with Crippen LogP contribution in [0.4, 0.5) is 0 Å². The van der Waals surface area contributed by atoms with Crippen molar-refractivity contribution in [1.82, 2.24) is 29.5 Å². The van der Waals surface area contributed by atoms with Gasteiger partial charge in [0, 0.05) is 57.9 Å². The van der Waals surface area contributed by atoms with Gasteiger partial charge in [-0.3, -0.25) is 19.2 Å². The van der Waals surface area contributed by atoms with E-state index in [1.807, 2.05) is 29.8 Å². The van der Waals surface area contributed by atoms with Gasteiger partial charge in [-0.05, 0) is 38.7 Å². The number of hydrogen-bond donors (Lipinski definition) is 0. The molecule has 8 heteroatoms. The van der Waals surface area contributed by atoms with Gasteiger partial charge in [0.05, 0.1) is 23.2 Å². The van der Waals surface area contributed by atoms with Gasteiger partial charge in [-0.25, -0.2) is 4.98 Å². The largest absolute Gasteiger partial charge is 0.342 e. The van der Waals surface area contributed by atoms with Crippen LogP contribution in [0, 0.1) is 6.92 Å². The van der Waals surface area contributed by atoms with Gasteiger partial charge in [-0.1, -0.05) is 12.8 Å². The Morgan fingerprint density at radius 3 is 2.31 bits per heavy atom. The van der Waals surface area contributed by atoms with Crippen LogP contribution in [0.1, 0.15) is 66.2 Å². The number of likely N-dealkylation sites (tertiary alicyclic amines) is 1. The fourth-order valence-corrected chi connectivity index (χ4v) is 5.11. The minimum Gasteiger partial charge on any atom is -0.342 e. The van der Waals surface area contributed by atoms with Crippen molar-refractivity contribution in [1.29, 1.82) is 0 Å². The van der Waals surface area contributed by atoms with Gasteiger partial charge in [0.1, 0.15) is 0 Å². The molecule has 0 bridgehead atoms. The van der Waals surface area contributed by atoms with Gasteiger partial charge < -0.3 is 9.80 Å². The van der Waals surface area contributed by atoms with Crippen molar-refractivity contribution in [3.8, 4) is 0 Å². The monoisotopic (exact) mass is 438 g/mol. The van der Waals surface area contributed by atoms with Crippen molar-refractivity contribution in [2.75, 3.05) is 45.8 Å². The van der Waals surface area contributed by atoms with Gasteiger partial charge >= 0.3 is 0 Å². The van der Waals surface area contributed by atoms with E-state index < -0.39 is 0 Å². The van der Waals surface area contributed by atoms with Crippen LogP contribution in [0.25, 0.3) is 11.0 Å². The van der Waals surface area contributed by atoms with Crippen molar-refractivity contribution < 1.29 is 9.59 Å². The molecule has 2 saturated heterocycles. The van der Waals surface area contributed by atoms with Crippen molar-refractivity contribution >= 4 is 22.8 Å². The topological polar surface area (TPSA) is 74.6 Å². The molecule has 2 aromatic heterocycles. The Labute approximate surface area is 189 Å². The maximum atomic E-state index is 13.6. The highest BCUT2D eigenvalue weighted by molar-refractivity contribution is 6.06. The lowest BCUT2D eigenvalue weighted by Crippen LogP contribution is -2.51. The smallest absolute Gasteiger partial charge is 0.254 e. The van der Waals surface area contributed by atoms with E-state index in [1.165, 1.54) is 12.8 Å². The van der Waals surface area contributed by atoms with Crippen molar-refractivity contribution in [2.45, 2.75) is 51.4 Å². The van der Waals surface area contributed by atoms with Crippen molar-refractivity contribution in [2.24, 2.45) is 7.05 Å². The predicted octanol–water partition coefficient (Wildman–Crippen LogP) is 2.31. The van der Waals surface area contributed by atoms with E-state index in [4.69, 9.17) is 4.98 Å². The van der Waals surface area contributed by atoms with E-state index >= 15 is 0 Å². The Bertz CT molecular complexity index is 1010. The number of carbonyl (C=O) groups excluding carboxylic acids is 2. The lowest BCUT2D eigenvalue weighted by molar-refractivity contribution is -0.132. The first-order chi connectivity index (χ1) is 15.5. The van der Waals surface area contributed by atoms with E-state index in [1.54, 1.807) is 4.68 Å². The molecular weight excluding hydrogens is 404 g/mol. The minimum atomic E-state index is 0.0638. The maximum Gasteiger partial charge on any atom is 0.254 e. The molecule has 0 radical (unpaired) electrons. The molecule has 2 aliphatic heterocycles. The molecule has 5 rings (SSSR count). The third-order valence-corrected chi connectivity index (χ3v) is 7.19. The molecule has 3 aliphatic rings. The average Bonchev–Trinajstić information content (AvgIpc) is 3.62. The van der Waals surface area contributed by atoms with Crippen LogP contribution in [0.15, 0.2) is 6.07 Å². The second kappa shape index (κ2) is 8.81. The first kappa shape index (κ1) is 21.4. The summed E-state index contributed by atoms with van der Waals surface area (Å²) in [7, 11) is 1.90. The van der Waals surface area contributed by atoms with Crippen molar-refractivity contribution in [3.63, 3.8) is 0 Å². The zero-order valence-electron chi connectivity index (χ0n) is 19.3. The van der Waals surface area contributed by atoms with Gasteiger partial charge in [0.2, 0.25) is 5.91 Å². The minimum absolute atomic E-state index is 0.0638. The lowest BCUT2D eigenvalue weighted by atomic mass is 10.1. The maximum absolute atomic E-state index is 13.6. The van der Waals surface area contributed by atoms with E-state index in [-0.39, 0.29) is 11.8 Å². The van der Waals surface area contributed by atoms with Crippen LogP contribution in [-0.2, 0) is 11.8 Å². The molecule has 0 atom stereocenters. The standard InChI is InChI=1S/C24H34N6O2/c1-17-22-19(15-20(18-7-8-18)25-23(22)27(2)26-17)24(32)30-13-11-28(12-14-30)16-21(31)29-9-5-3-4-6-10-29/h15,18H,3-14,16H2,1-2H3. The number of rotatable bonds is 4. The second-order valence-electron chi connectivity index (χ2n) is 9.64. The van der Waals surface area contributed by atoms with E-state index in [0.717, 1.165) is 79.8 Å². The highest BCUT2D eigenvalue weighted by Crippen LogP contribution is 2.40. The summed E-state index contributed by atoms with van der Waals surface area (Å²) in [5.74, 6) is 0.777. The Morgan fingerprint density at radius 2 is 1.66 bits per heavy atom. The average molecular weight is 439 g/mol. The zero-order valence-corrected chi connectivity index (χ0v) is 19.3. The lowest BCUT2D eigenvalue weighted by Gasteiger charge is -2.35. The quantitative estimate of drug-likeness (QED) is 0.732. The molecule has 0 unspecified atom stereocenters. The first-order valence-electron chi connectivity index (χ1n) is 12.1. The number of aryl methyl sites for hydroxylation is 2. The molecule has 1 aliphatic carbocycles. The van der Waals surface area contributed by atoms with E-state index in [2.05, 4.69) is 10.00 Å². The summed E-state index contributed by atoms with van der Waals surface area (Å²) in [4.78, 5) is 37.3. The Morgan fingerprint density at radius 1 is 0.969 bits per heavy atom. The Hall–Kier alpha value is -2.48. The number of amides is 2. The fourth-order valence-electron chi connectivity index (χ4n) is 5.11. The molecule has 0 spiro atoms. The van der Waals surface area contributed by atoms with Gasteiger partial charge in [-0.2, -0.15) is 5.10 Å². The highest BCUT2D eigenvalue weighted by Gasteiger charge is 2.31. The van der Waals surface area contributed by atoms with Gasteiger partial charge in [-0.15, -0.1) is 0 Å². The van der Waals surface area contributed by atoms with Crippen LogP contribution >= 0.6 is 0 Å². The Kier molecular flexibility index (Phi) is 5.88. The highest BCUT2D eigenvalue weighted by atomic mass is 16.2. The number of piperazine rings is 1. The summed E-state index contributed by atoms with van der Waals surface area (Å²) in [6, 6.07) is 2.01. The summed E-state index contributed by atoms with van der Waals surface area (Å²) in [6.07, 6.45) is 6.98. The van der Waals surface area contributed by atoms with Crippen molar-refractivity contribution in [3.05, 3.63) is 23.0 Å². The number of fused-ring (bicyclic) bond motifs is 1. The summed E-state index contributed by atoms with van der Waals surface area (Å²) in [5.41, 5.74) is 3.40.